The Morgan fingerprint density at radius 2 is 1.35 bits per heavy atom. The average molecular weight is 298 g/mol. The number of ketones is 1. The molecule has 0 saturated heterocycles. The lowest BCUT2D eigenvalue weighted by molar-refractivity contribution is 0.0984. The van der Waals surface area contributed by atoms with E-state index >= 15 is 0 Å². The molecule has 1 unspecified atom stereocenters. The maximum Gasteiger partial charge on any atom is 0.164 e. The van der Waals surface area contributed by atoms with E-state index in [-0.39, 0.29) is 11.2 Å². The molecular formula is C22H18O. The molecule has 1 aliphatic rings. The number of aryl methyl sites for hydroxylation is 1. The van der Waals surface area contributed by atoms with Crippen molar-refractivity contribution in [2.45, 2.75) is 18.8 Å². The minimum atomic E-state index is -0.372. The summed E-state index contributed by atoms with van der Waals surface area (Å²) in [5.74, 6) is 0.227. The van der Waals surface area contributed by atoms with Gasteiger partial charge in [-0.1, -0.05) is 84.4 Å². The summed E-state index contributed by atoms with van der Waals surface area (Å²) in [6.45, 7) is 2.09. The molecule has 4 rings (SSSR count). The third-order valence-corrected chi connectivity index (χ3v) is 4.92. The van der Waals surface area contributed by atoms with Gasteiger partial charge in [-0.25, -0.2) is 0 Å². The van der Waals surface area contributed by atoms with Gasteiger partial charge in [0.05, 0.1) is 5.41 Å². The molecule has 1 nitrogen and oxygen atoms in total. The minimum absolute atomic E-state index is 0.227. The normalized spacial score (nSPS) is 19.6. The fourth-order valence-corrected chi connectivity index (χ4v) is 3.77. The van der Waals surface area contributed by atoms with Crippen molar-refractivity contribution in [3.05, 3.63) is 107 Å². The quantitative estimate of drug-likeness (QED) is 0.656. The summed E-state index contributed by atoms with van der Waals surface area (Å²) >= 11 is 0. The number of benzene rings is 3. The van der Waals surface area contributed by atoms with Crippen molar-refractivity contribution < 1.29 is 4.79 Å². The van der Waals surface area contributed by atoms with E-state index in [1.165, 1.54) is 16.7 Å². The van der Waals surface area contributed by atoms with Gasteiger partial charge < -0.3 is 0 Å². The highest BCUT2D eigenvalue weighted by molar-refractivity contribution is 6.03. The van der Waals surface area contributed by atoms with Crippen LogP contribution < -0.4 is 0 Å². The highest BCUT2D eigenvalue weighted by Gasteiger charge is 2.45. The van der Waals surface area contributed by atoms with E-state index in [1.807, 2.05) is 24.3 Å². The Kier molecular flexibility index (Phi) is 3.16. The Morgan fingerprint density at radius 1 is 0.739 bits per heavy atom. The number of fused-ring (bicyclic) bond motifs is 1. The number of hydrogen-bond donors (Lipinski definition) is 0. The van der Waals surface area contributed by atoms with E-state index in [1.54, 1.807) is 0 Å². The van der Waals surface area contributed by atoms with Gasteiger partial charge in [-0.15, -0.1) is 0 Å². The Morgan fingerprint density at radius 3 is 2.09 bits per heavy atom. The first-order chi connectivity index (χ1) is 11.2. The van der Waals surface area contributed by atoms with Gasteiger partial charge in [-0.2, -0.15) is 0 Å². The third-order valence-electron chi connectivity index (χ3n) is 4.92. The average Bonchev–Trinajstić information content (AvgIpc) is 2.91. The smallest absolute Gasteiger partial charge is 0.164 e. The lowest BCUT2D eigenvalue weighted by Gasteiger charge is -2.31. The van der Waals surface area contributed by atoms with Gasteiger partial charge in [0.2, 0.25) is 0 Å². The number of carbonyl (C=O) groups is 1. The molecule has 3 aromatic rings. The van der Waals surface area contributed by atoms with Crippen LogP contribution in [-0.2, 0) is 5.41 Å². The maximum absolute atomic E-state index is 12.7. The molecule has 0 aromatic heterocycles. The fourth-order valence-electron chi connectivity index (χ4n) is 3.77. The van der Waals surface area contributed by atoms with E-state index in [0.717, 1.165) is 11.1 Å². The lowest BCUT2D eigenvalue weighted by atomic mass is 9.70. The van der Waals surface area contributed by atoms with Crippen molar-refractivity contribution >= 4 is 5.78 Å². The maximum atomic E-state index is 12.7. The number of Topliss-reactive ketones (excluding diaryl/α,β-unsaturated/α-hetero) is 1. The van der Waals surface area contributed by atoms with Gasteiger partial charge >= 0.3 is 0 Å². The van der Waals surface area contributed by atoms with Crippen LogP contribution in [0, 0.1) is 6.92 Å². The van der Waals surface area contributed by atoms with Crippen LogP contribution in [0.2, 0.25) is 0 Å². The summed E-state index contributed by atoms with van der Waals surface area (Å²) in [7, 11) is 0. The second-order valence-electron chi connectivity index (χ2n) is 6.28. The highest BCUT2D eigenvalue weighted by atomic mass is 16.1. The summed E-state index contributed by atoms with van der Waals surface area (Å²) in [6, 6.07) is 27.0. The molecule has 0 N–H and O–H groups in total. The highest BCUT2D eigenvalue weighted by Crippen LogP contribution is 2.48. The van der Waals surface area contributed by atoms with Gasteiger partial charge in [-0.05, 0) is 23.6 Å². The monoisotopic (exact) mass is 298 g/mol. The molecule has 1 heteroatoms. The molecule has 0 spiro atoms. The van der Waals surface area contributed by atoms with E-state index in [2.05, 4.69) is 61.5 Å². The minimum Gasteiger partial charge on any atom is -0.294 e. The SMILES string of the molecule is Cc1ccc(C2(c3ccccc3)CC(=O)c3ccccc32)cc1. The van der Waals surface area contributed by atoms with E-state index in [9.17, 15) is 4.79 Å². The van der Waals surface area contributed by atoms with Crippen LogP contribution in [0.4, 0.5) is 0 Å². The van der Waals surface area contributed by atoms with Crippen LogP contribution in [0.1, 0.15) is 39.0 Å². The summed E-state index contributed by atoms with van der Waals surface area (Å²) in [5.41, 5.74) is 5.21. The summed E-state index contributed by atoms with van der Waals surface area (Å²) in [4.78, 5) is 12.7. The second kappa shape index (κ2) is 5.20. The molecule has 23 heavy (non-hydrogen) atoms. The molecule has 112 valence electrons. The number of carbonyl (C=O) groups excluding carboxylic acids is 1. The largest absolute Gasteiger partial charge is 0.294 e. The molecule has 1 aliphatic carbocycles. The van der Waals surface area contributed by atoms with Crippen LogP contribution in [0.15, 0.2) is 78.9 Å². The summed E-state index contributed by atoms with van der Waals surface area (Å²) < 4.78 is 0. The van der Waals surface area contributed by atoms with Crippen molar-refractivity contribution in [3.63, 3.8) is 0 Å². The van der Waals surface area contributed by atoms with Crippen LogP contribution >= 0.6 is 0 Å². The van der Waals surface area contributed by atoms with Crippen LogP contribution in [0.3, 0.4) is 0 Å². The van der Waals surface area contributed by atoms with Crippen molar-refractivity contribution in [1.29, 1.82) is 0 Å². The Balaban J connectivity index is 2.04. The topological polar surface area (TPSA) is 17.1 Å². The summed E-state index contributed by atoms with van der Waals surface area (Å²) in [5, 5.41) is 0. The van der Waals surface area contributed by atoms with Gasteiger partial charge in [0.15, 0.2) is 5.78 Å². The predicted molar refractivity (Wildman–Crippen MR) is 92.9 cm³/mol. The molecule has 0 amide bonds. The zero-order valence-corrected chi connectivity index (χ0v) is 13.1. The molecule has 0 fully saturated rings. The molecular weight excluding hydrogens is 280 g/mol. The molecule has 0 radical (unpaired) electrons. The molecule has 1 atom stereocenters. The molecule has 0 heterocycles. The van der Waals surface area contributed by atoms with Crippen molar-refractivity contribution in [2.75, 3.05) is 0 Å². The van der Waals surface area contributed by atoms with Gasteiger partial charge in [-0.3, -0.25) is 4.79 Å². The Labute approximate surface area is 136 Å². The molecule has 0 bridgehead atoms. The van der Waals surface area contributed by atoms with Gasteiger partial charge in [0.1, 0.15) is 0 Å². The molecule has 3 aromatic carbocycles. The van der Waals surface area contributed by atoms with E-state index < -0.39 is 0 Å². The number of rotatable bonds is 2. The zero-order chi connectivity index (χ0) is 15.9. The zero-order valence-electron chi connectivity index (χ0n) is 13.1. The van der Waals surface area contributed by atoms with Crippen molar-refractivity contribution in [1.82, 2.24) is 0 Å². The number of hydrogen-bond acceptors (Lipinski definition) is 1. The van der Waals surface area contributed by atoms with Crippen LogP contribution in [0.25, 0.3) is 0 Å². The first-order valence-corrected chi connectivity index (χ1v) is 7.97. The van der Waals surface area contributed by atoms with Crippen LogP contribution in [0.5, 0.6) is 0 Å². The lowest BCUT2D eigenvalue weighted by Crippen LogP contribution is -2.26. The predicted octanol–water partition coefficient (Wildman–Crippen LogP) is 4.92. The first-order valence-electron chi connectivity index (χ1n) is 7.97. The van der Waals surface area contributed by atoms with Crippen molar-refractivity contribution in [2.24, 2.45) is 0 Å². The second-order valence-corrected chi connectivity index (χ2v) is 6.28. The molecule has 0 saturated carbocycles. The van der Waals surface area contributed by atoms with Gasteiger partial charge in [0, 0.05) is 12.0 Å². The van der Waals surface area contributed by atoms with Crippen molar-refractivity contribution in [3.8, 4) is 0 Å². The summed E-state index contributed by atoms with van der Waals surface area (Å²) in [6.07, 6.45) is 0.499. The van der Waals surface area contributed by atoms with Gasteiger partial charge in [0.25, 0.3) is 0 Å². The Bertz CT molecular complexity index is 862. The van der Waals surface area contributed by atoms with E-state index in [0.29, 0.717) is 6.42 Å². The first kappa shape index (κ1) is 14.0. The molecule has 0 aliphatic heterocycles. The van der Waals surface area contributed by atoms with Crippen LogP contribution in [-0.4, -0.2) is 5.78 Å². The Hall–Kier alpha value is -2.67. The van der Waals surface area contributed by atoms with E-state index in [4.69, 9.17) is 0 Å². The third kappa shape index (κ3) is 2.04. The standard InChI is InChI=1S/C22H18O/c1-16-11-13-18(14-12-16)22(17-7-3-2-4-8-17)15-21(23)19-9-5-6-10-20(19)22/h2-14H,15H2,1H3. The fraction of sp³-hybridized carbons (Fsp3) is 0.136.